The fourth-order valence-electron chi connectivity index (χ4n) is 1.92. The molecule has 1 amide bonds. The summed E-state index contributed by atoms with van der Waals surface area (Å²) < 4.78 is 30.3. The third-order valence-electron chi connectivity index (χ3n) is 3.51. The van der Waals surface area contributed by atoms with Crippen LogP contribution in [0.3, 0.4) is 0 Å². The van der Waals surface area contributed by atoms with Gasteiger partial charge in [-0.15, -0.1) is 0 Å². The first-order chi connectivity index (χ1) is 13.2. The molecule has 1 atom stereocenters. The van der Waals surface area contributed by atoms with Gasteiger partial charge in [-0.25, -0.2) is 23.2 Å². The van der Waals surface area contributed by atoms with Crippen LogP contribution in [0.5, 0.6) is 0 Å². The average Bonchev–Trinajstić information content (AvgIpc) is 2.67. The van der Waals surface area contributed by atoms with E-state index in [9.17, 15) is 18.0 Å². The van der Waals surface area contributed by atoms with E-state index < -0.39 is 28.0 Å². The number of hydroxylamine groups is 1. The minimum absolute atomic E-state index is 0.0389. The summed E-state index contributed by atoms with van der Waals surface area (Å²) >= 11 is 5.99. The van der Waals surface area contributed by atoms with Gasteiger partial charge in [-0.05, 0) is 31.2 Å². The normalized spacial score (nSPS) is 12.5. The third-order valence-corrected chi connectivity index (χ3v) is 5.51. The zero-order chi connectivity index (χ0) is 20.9. The Labute approximate surface area is 166 Å². The molecule has 10 nitrogen and oxygen atoms in total. The fraction of sp³-hybridized carbons (Fsp3) is 0.250. The van der Waals surface area contributed by atoms with Crippen LogP contribution in [0.4, 0.5) is 5.95 Å². The van der Waals surface area contributed by atoms with Crippen molar-refractivity contribution in [2.24, 2.45) is 0 Å². The van der Waals surface area contributed by atoms with E-state index in [4.69, 9.17) is 16.3 Å². The van der Waals surface area contributed by atoms with Crippen molar-refractivity contribution in [2.45, 2.75) is 17.9 Å². The number of nitrogens with one attached hydrogen (secondary N) is 1. The molecule has 0 saturated heterocycles. The highest BCUT2D eigenvalue weighted by atomic mass is 35.5. The molecule has 0 bridgehead atoms. The molecule has 12 heteroatoms. The standard InChI is InChI=1S/C16H17ClN4O6S/c1-10(14(22)20-16-18-7-4-8-19-16)27-15(23)12-9-11(5-6-13(12)17)28(24,25)21(2)26-3/h4-10H,1-3H3,(H,18,19,20,22)/t10-/m1/s1. The molecule has 0 aliphatic carbocycles. The molecule has 0 radical (unpaired) electrons. The second kappa shape index (κ2) is 9.06. The van der Waals surface area contributed by atoms with Crippen LogP contribution in [0.1, 0.15) is 17.3 Å². The number of esters is 1. The van der Waals surface area contributed by atoms with E-state index in [1.807, 2.05) is 0 Å². The zero-order valence-corrected chi connectivity index (χ0v) is 16.7. The molecule has 150 valence electrons. The van der Waals surface area contributed by atoms with Crippen LogP contribution in [-0.2, 0) is 24.4 Å². The van der Waals surface area contributed by atoms with E-state index in [0.29, 0.717) is 4.47 Å². The van der Waals surface area contributed by atoms with Crippen LogP contribution in [0, 0.1) is 0 Å². The second-order valence-electron chi connectivity index (χ2n) is 5.35. The van der Waals surface area contributed by atoms with Crippen LogP contribution in [0.25, 0.3) is 0 Å². The summed E-state index contributed by atoms with van der Waals surface area (Å²) in [5, 5.41) is 2.34. The molecule has 2 rings (SSSR count). The third kappa shape index (κ3) is 5.01. The SMILES string of the molecule is CON(C)S(=O)(=O)c1ccc(Cl)c(C(=O)O[C@H](C)C(=O)Nc2ncccn2)c1. The van der Waals surface area contributed by atoms with E-state index >= 15 is 0 Å². The Bertz CT molecular complexity index is 970. The first-order valence-electron chi connectivity index (χ1n) is 7.78. The van der Waals surface area contributed by atoms with Gasteiger partial charge in [0.1, 0.15) is 0 Å². The first kappa shape index (κ1) is 21.7. The topological polar surface area (TPSA) is 128 Å². The number of ether oxygens (including phenoxy) is 1. The Morgan fingerprint density at radius 3 is 2.50 bits per heavy atom. The van der Waals surface area contributed by atoms with Crippen molar-refractivity contribution in [2.75, 3.05) is 19.5 Å². The smallest absolute Gasteiger partial charge is 0.340 e. The maximum atomic E-state index is 12.4. The predicted octanol–water partition coefficient (Wildman–Crippen LogP) is 1.50. The van der Waals surface area contributed by atoms with E-state index in [1.54, 1.807) is 6.07 Å². The van der Waals surface area contributed by atoms with Gasteiger partial charge >= 0.3 is 5.97 Å². The summed E-state index contributed by atoms with van der Waals surface area (Å²) in [6.07, 6.45) is 1.65. The molecule has 0 fully saturated rings. The lowest BCUT2D eigenvalue weighted by molar-refractivity contribution is -0.123. The molecule has 1 N–H and O–H groups in total. The Hall–Kier alpha value is -2.60. The molecule has 0 aliphatic rings. The fourth-order valence-corrected chi connectivity index (χ4v) is 3.12. The number of sulfonamides is 1. The van der Waals surface area contributed by atoms with Gasteiger partial charge in [-0.3, -0.25) is 14.9 Å². The quantitative estimate of drug-likeness (QED) is 0.519. The van der Waals surface area contributed by atoms with Crippen LogP contribution in [0.2, 0.25) is 5.02 Å². The lowest BCUT2D eigenvalue weighted by Crippen LogP contribution is -2.31. The van der Waals surface area contributed by atoms with E-state index in [-0.39, 0.29) is 21.4 Å². The van der Waals surface area contributed by atoms with Crippen LogP contribution in [0.15, 0.2) is 41.6 Å². The second-order valence-corrected chi connectivity index (χ2v) is 7.69. The molecule has 1 aromatic carbocycles. The molecule has 2 aromatic rings. The molecular formula is C16H17ClN4O6S. The van der Waals surface area contributed by atoms with Crippen molar-refractivity contribution in [3.05, 3.63) is 47.2 Å². The van der Waals surface area contributed by atoms with Gasteiger partial charge in [-0.2, -0.15) is 0 Å². The number of halogens is 1. The van der Waals surface area contributed by atoms with Crippen molar-refractivity contribution < 1.29 is 27.6 Å². The van der Waals surface area contributed by atoms with E-state index in [1.165, 1.54) is 45.6 Å². The van der Waals surface area contributed by atoms with Crippen molar-refractivity contribution >= 4 is 39.4 Å². The number of rotatable bonds is 7. The molecule has 0 unspecified atom stereocenters. The summed E-state index contributed by atoms with van der Waals surface area (Å²) in [6.45, 7) is 1.34. The summed E-state index contributed by atoms with van der Waals surface area (Å²) in [5.74, 6) is -1.60. The van der Waals surface area contributed by atoms with E-state index in [2.05, 4.69) is 20.1 Å². The number of benzene rings is 1. The largest absolute Gasteiger partial charge is 0.449 e. The lowest BCUT2D eigenvalue weighted by atomic mass is 10.2. The Kier molecular flexibility index (Phi) is 7.02. The van der Waals surface area contributed by atoms with Gasteiger partial charge in [0, 0.05) is 19.4 Å². The van der Waals surface area contributed by atoms with E-state index in [0.717, 1.165) is 6.07 Å². The first-order valence-corrected chi connectivity index (χ1v) is 9.60. The maximum Gasteiger partial charge on any atom is 0.340 e. The van der Waals surface area contributed by atoms with Crippen molar-refractivity contribution in [1.29, 1.82) is 0 Å². The Morgan fingerprint density at radius 2 is 1.89 bits per heavy atom. The van der Waals surface area contributed by atoms with Crippen molar-refractivity contribution in [3.8, 4) is 0 Å². The number of aromatic nitrogens is 2. The van der Waals surface area contributed by atoms with Gasteiger partial charge < -0.3 is 4.74 Å². The number of carbonyl (C=O) groups is 2. The highest BCUT2D eigenvalue weighted by Crippen LogP contribution is 2.23. The highest BCUT2D eigenvalue weighted by molar-refractivity contribution is 7.89. The van der Waals surface area contributed by atoms with Gasteiger partial charge in [0.15, 0.2) is 6.10 Å². The maximum absolute atomic E-state index is 12.4. The number of amides is 1. The Balaban J connectivity index is 2.17. The molecular weight excluding hydrogens is 412 g/mol. The van der Waals surface area contributed by atoms with Crippen LogP contribution in [-0.4, -0.2) is 55.0 Å². The monoisotopic (exact) mass is 428 g/mol. The van der Waals surface area contributed by atoms with Crippen LogP contribution >= 0.6 is 11.6 Å². The highest BCUT2D eigenvalue weighted by Gasteiger charge is 2.26. The number of nitrogens with zero attached hydrogens (tertiary/aromatic N) is 3. The molecule has 0 saturated carbocycles. The minimum Gasteiger partial charge on any atom is -0.449 e. The molecule has 0 spiro atoms. The van der Waals surface area contributed by atoms with Gasteiger partial charge in [0.05, 0.1) is 22.6 Å². The van der Waals surface area contributed by atoms with Crippen molar-refractivity contribution in [3.63, 3.8) is 0 Å². The number of hydrogen-bond donors (Lipinski definition) is 1. The molecule has 1 heterocycles. The van der Waals surface area contributed by atoms with Gasteiger partial charge in [-0.1, -0.05) is 16.1 Å². The summed E-state index contributed by atoms with van der Waals surface area (Å²) in [7, 11) is -1.62. The van der Waals surface area contributed by atoms with Crippen LogP contribution < -0.4 is 5.32 Å². The summed E-state index contributed by atoms with van der Waals surface area (Å²) in [4.78, 5) is 36.6. The zero-order valence-electron chi connectivity index (χ0n) is 15.1. The summed E-state index contributed by atoms with van der Waals surface area (Å²) in [5.41, 5.74) is -0.220. The molecule has 28 heavy (non-hydrogen) atoms. The Morgan fingerprint density at radius 1 is 1.25 bits per heavy atom. The number of carbonyl (C=O) groups excluding carboxylic acids is 2. The molecule has 0 aliphatic heterocycles. The minimum atomic E-state index is -4.00. The molecule has 1 aromatic heterocycles. The number of hydrogen-bond acceptors (Lipinski definition) is 8. The predicted molar refractivity (Wildman–Crippen MR) is 98.9 cm³/mol. The van der Waals surface area contributed by atoms with Gasteiger partial charge in [0.2, 0.25) is 5.95 Å². The summed E-state index contributed by atoms with van der Waals surface area (Å²) in [6, 6.07) is 5.06. The van der Waals surface area contributed by atoms with Crippen molar-refractivity contribution in [1.82, 2.24) is 14.4 Å². The lowest BCUT2D eigenvalue weighted by Gasteiger charge is -2.16. The van der Waals surface area contributed by atoms with Gasteiger partial charge in [0.25, 0.3) is 15.9 Å². The number of anilines is 1. The average molecular weight is 429 g/mol.